The summed E-state index contributed by atoms with van der Waals surface area (Å²) in [6.45, 7) is 2.16. The molecule has 0 N–H and O–H groups in total. The van der Waals surface area contributed by atoms with Gasteiger partial charge in [-0.05, 0) is 42.5 Å². The summed E-state index contributed by atoms with van der Waals surface area (Å²) in [6, 6.07) is 6.32. The fourth-order valence-electron chi connectivity index (χ4n) is 5.22. The summed E-state index contributed by atoms with van der Waals surface area (Å²) in [5.74, 6) is -1.00. The smallest absolute Gasteiger partial charge is 0.242 e. The molecule has 4 aliphatic rings. The Morgan fingerprint density at radius 1 is 0.929 bits per heavy atom. The van der Waals surface area contributed by atoms with Gasteiger partial charge < -0.3 is 9.80 Å². The maximum Gasteiger partial charge on any atom is 0.242 e. The maximum absolute atomic E-state index is 13.1. The number of rotatable bonds is 3. The van der Waals surface area contributed by atoms with E-state index in [1.165, 1.54) is 17.0 Å². The number of anilines is 1. The predicted octanol–water partition coefficient (Wildman–Crippen LogP) is 1.28. The van der Waals surface area contributed by atoms with Crippen LogP contribution in [-0.4, -0.2) is 60.2 Å². The monoisotopic (exact) mass is 383 g/mol. The average molecular weight is 383 g/mol. The summed E-state index contributed by atoms with van der Waals surface area (Å²) in [5.41, 5.74) is 0.925. The van der Waals surface area contributed by atoms with Gasteiger partial charge >= 0.3 is 0 Å². The Kier molecular flexibility index (Phi) is 4.00. The van der Waals surface area contributed by atoms with E-state index in [9.17, 15) is 18.8 Å². The van der Waals surface area contributed by atoms with E-state index in [0.29, 0.717) is 26.2 Å². The van der Waals surface area contributed by atoms with Gasteiger partial charge in [-0.2, -0.15) is 0 Å². The van der Waals surface area contributed by atoms with Crippen LogP contribution < -0.4 is 4.90 Å². The molecule has 146 valence electrons. The van der Waals surface area contributed by atoms with E-state index < -0.39 is 0 Å². The summed E-state index contributed by atoms with van der Waals surface area (Å²) in [5, 5.41) is 0. The molecule has 3 fully saturated rings. The molecule has 1 aromatic carbocycles. The Morgan fingerprint density at radius 2 is 1.50 bits per heavy atom. The number of amides is 3. The first-order valence-corrected chi connectivity index (χ1v) is 9.85. The lowest BCUT2D eigenvalue weighted by Crippen LogP contribution is -2.52. The molecule has 0 radical (unpaired) electrons. The van der Waals surface area contributed by atoms with Gasteiger partial charge in [0, 0.05) is 31.9 Å². The third kappa shape index (κ3) is 2.64. The first-order chi connectivity index (χ1) is 13.5. The highest BCUT2D eigenvalue weighted by atomic mass is 19.1. The number of likely N-dealkylation sites (tertiary alicyclic amines) is 1. The number of piperazine rings is 1. The van der Waals surface area contributed by atoms with Crippen LogP contribution in [0.25, 0.3) is 0 Å². The Hall–Kier alpha value is -2.70. The number of imide groups is 1. The lowest BCUT2D eigenvalue weighted by Gasteiger charge is -2.36. The fourth-order valence-corrected chi connectivity index (χ4v) is 5.22. The number of fused-ring (bicyclic) bond motifs is 5. The van der Waals surface area contributed by atoms with E-state index in [1.54, 1.807) is 17.0 Å². The van der Waals surface area contributed by atoms with E-state index >= 15 is 0 Å². The lowest BCUT2D eigenvalue weighted by atomic mass is 9.85. The van der Waals surface area contributed by atoms with Crippen molar-refractivity contribution in [2.45, 2.75) is 6.42 Å². The highest BCUT2D eigenvalue weighted by Crippen LogP contribution is 2.52. The second kappa shape index (κ2) is 6.43. The van der Waals surface area contributed by atoms with Gasteiger partial charge in [0.05, 0.1) is 11.8 Å². The van der Waals surface area contributed by atoms with E-state index in [1.807, 2.05) is 0 Å². The number of allylic oxidation sites excluding steroid dienone is 2. The van der Waals surface area contributed by atoms with Crippen molar-refractivity contribution < 1.29 is 18.8 Å². The number of carbonyl (C=O) groups excluding carboxylic acids is 3. The number of hydrogen-bond donors (Lipinski definition) is 0. The van der Waals surface area contributed by atoms with E-state index in [0.717, 1.165) is 12.1 Å². The number of halogens is 1. The van der Waals surface area contributed by atoms with Crippen molar-refractivity contribution in [3.8, 4) is 0 Å². The molecule has 5 rings (SSSR count). The summed E-state index contributed by atoms with van der Waals surface area (Å²) >= 11 is 0. The van der Waals surface area contributed by atoms with Crippen LogP contribution in [0.15, 0.2) is 36.4 Å². The largest absolute Gasteiger partial charge is 0.368 e. The van der Waals surface area contributed by atoms with Crippen molar-refractivity contribution in [2.75, 3.05) is 37.6 Å². The molecule has 28 heavy (non-hydrogen) atoms. The van der Waals surface area contributed by atoms with Crippen LogP contribution in [0.1, 0.15) is 6.42 Å². The van der Waals surface area contributed by atoms with Crippen molar-refractivity contribution in [3.05, 3.63) is 42.2 Å². The molecule has 1 aromatic rings. The fraction of sp³-hybridized carbons (Fsp3) is 0.476. The molecule has 2 aliphatic heterocycles. The topological polar surface area (TPSA) is 60.9 Å². The maximum atomic E-state index is 13.1. The quantitative estimate of drug-likeness (QED) is 0.583. The van der Waals surface area contributed by atoms with Crippen molar-refractivity contribution in [3.63, 3.8) is 0 Å². The van der Waals surface area contributed by atoms with E-state index in [-0.39, 0.29) is 53.8 Å². The molecule has 0 spiro atoms. The summed E-state index contributed by atoms with van der Waals surface area (Å²) in [7, 11) is 0. The van der Waals surface area contributed by atoms with Crippen molar-refractivity contribution in [2.24, 2.45) is 23.7 Å². The molecule has 2 unspecified atom stereocenters. The van der Waals surface area contributed by atoms with Crippen LogP contribution in [0.3, 0.4) is 0 Å². The van der Waals surface area contributed by atoms with Crippen LogP contribution >= 0.6 is 0 Å². The Balaban J connectivity index is 1.20. The first kappa shape index (κ1) is 17.4. The number of hydrogen-bond acceptors (Lipinski definition) is 4. The Morgan fingerprint density at radius 3 is 2.07 bits per heavy atom. The molecule has 4 atom stereocenters. The zero-order chi connectivity index (χ0) is 19.4. The number of nitrogens with zero attached hydrogens (tertiary/aromatic N) is 3. The van der Waals surface area contributed by atoms with Crippen LogP contribution in [0.4, 0.5) is 10.1 Å². The zero-order valence-electron chi connectivity index (χ0n) is 15.5. The molecule has 3 amide bonds. The Labute approximate surface area is 162 Å². The molecular weight excluding hydrogens is 361 g/mol. The van der Waals surface area contributed by atoms with Gasteiger partial charge in [0.15, 0.2) is 0 Å². The molecule has 1 saturated carbocycles. The van der Waals surface area contributed by atoms with Gasteiger partial charge in [-0.25, -0.2) is 4.39 Å². The zero-order valence-corrected chi connectivity index (χ0v) is 15.5. The van der Waals surface area contributed by atoms with Crippen molar-refractivity contribution >= 4 is 23.4 Å². The third-order valence-corrected chi connectivity index (χ3v) is 6.68. The molecule has 2 aliphatic carbocycles. The number of carbonyl (C=O) groups is 3. The summed E-state index contributed by atoms with van der Waals surface area (Å²) in [4.78, 5) is 43.2. The standard InChI is InChI=1S/C21H22FN3O3/c22-15-3-5-16(6-4-15)23-7-9-24(10-8-23)17(26)12-25-20(27)18-13-1-2-14(11-13)19(18)21(25)28/h1-6,13-14,18-19H,7-12H2/t13-,14+,18?,19?. The Bertz CT molecular complexity index is 830. The van der Waals surface area contributed by atoms with E-state index in [4.69, 9.17) is 0 Å². The minimum Gasteiger partial charge on any atom is -0.368 e. The summed E-state index contributed by atoms with van der Waals surface area (Å²) < 4.78 is 13.1. The highest BCUT2D eigenvalue weighted by Gasteiger charge is 2.59. The third-order valence-electron chi connectivity index (χ3n) is 6.68. The second-order valence-electron chi connectivity index (χ2n) is 8.11. The first-order valence-electron chi connectivity index (χ1n) is 9.85. The number of benzene rings is 1. The molecule has 6 nitrogen and oxygen atoms in total. The normalized spacial score (nSPS) is 31.1. The van der Waals surface area contributed by atoms with Gasteiger partial charge in [0.1, 0.15) is 12.4 Å². The van der Waals surface area contributed by atoms with Crippen LogP contribution in [-0.2, 0) is 14.4 Å². The van der Waals surface area contributed by atoms with E-state index in [2.05, 4.69) is 17.1 Å². The second-order valence-corrected chi connectivity index (χ2v) is 8.11. The SMILES string of the molecule is O=C(CN1C(=O)C2C(C1=O)[C@H]1C=C[C@@H]2C1)N1CCN(c2ccc(F)cc2)CC1. The van der Waals surface area contributed by atoms with Gasteiger partial charge in [-0.15, -0.1) is 0 Å². The minimum atomic E-state index is -0.272. The lowest BCUT2D eigenvalue weighted by molar-refractivity contribution is -0.147. The summed E-state index contributed by atoms with van der Waals surface area (Å²) in [6.07, 6.45) is 4.99. The highest BCUT2D eigenvalue weighted by molar-refractivity contribution is 6.08. The van der Waals surface area contributed by atoms with Crippen LogP contribution in [0.2, 0.25) is 0 Å². The molecule has 2 bridgehead atoms. The molecule has 2 saturated heterocycles. The van der Waals surface area contributed by atoms with Gasteiger partial charge in [0.25, 0.3) is 0 Å². The van der Waals surface area contributed by atoms with Crippen molar-refractivity contribution in [1.82, 2.24) is 9.80 Å². The molecular formula is C21H22FN3O3. The molecule has 0 aromatic heterocycles. The average Bonchev–Trinajstić information content (AvgIpc) is 3.39. The minimum absolute atomic E-state index is 0.152. The van der Waals surface area contributed by atoms with Crippen LogP contribution in [0, 0.1) is 29.5 Å². The van der Waals surface area contributed by atoms with Gasteiger partial charge in [-0.1, -0.05) is 12.2 Å². The van der Waals surface area contributed by atoms with Crippen LogP contribution in [0.5, 0.6) is 0 Å². The molecule has 2 heterocycles. The van der Waals surface area contributed by atoms with Gasteiger partial charge in [-0.3, -0.25) is 19.3 Å². The molecule has 7 heteroatoms. The van der Waals surface area contributed by atoms with Crippen molar-refractivity contribution in [1.29, 1.82) is 0 Å². The predicted molar refractivity (Wildman–Crippen MR) is 99.6 cm³/mol. The van der Waals surface area contributed by atoms with Gasteiger partial charge in [0.2, 0.25) is 17.7 Å².